The second-order valence-electron chi connectivity index (χ2n) is 6.92. The molecule has 1 saturated heterocycles. The van der Waals surface area contributed by atoms with Gasteiger partial charge >= 0.3 is 0 Å². The van der Waals surface area contributed by atoms with Crippen LogP contribution in [0.25, 0.3) is 0 Å². The highest BCUT2D eigenvalue weighted by molar-refractivity contribution is 7.92. The van der Waals surface area contributed by atoms with Crippen molar-refractivity contribution in [3.63, 3.8) is 0 Å². The summed E-state index contributed by atoms with van der Waals surface area (Å²) >= 11 is 6.22. The number of halogens is 1. The number of sulfonamides is 1. The predicted molar refractivity (Wildman–Crippen MR) is 101 cm³/mol. The smallest absolute Gasteiger partial charge is 0.253 e. The first-order valence-corrected chi connectivity index (χ1v) is 11.1. The lowest BCUT2D eigenvalue weighted by atomic mass is 10.1. The third-order valence-electron chi connectivity index (χ3n) is 5.02. The van der Waals surface area contributed by atoms with E-state index in [4.69, 9.17) is 11.6 Å². The van der Waals surface area contributed by atoms with Crippen molar-refractivity contribution in [2.45, 2.75) is 57.4 Å². The van der Waals surface area contributed by atoms with Gasteiger partial charge in [0, 0.05) is 12.6 Å². The Balaban J connectivity index is 1.80. The second kappa shape index (κ2) is 7.96. The molecule has 1 aliphatic heterocycles. The van der Waals surface area contributed by atoms with Crippen LogP contribution in [0, 0.1) is 0 Å². The van der Waals surface area contributed by atoms with Gasteiger partial charge in [-0.05, 0) is 43.9 Å². The minimum absolute atomic E-state index is 0.152. The van der Waals surface area contributed by atoms with E-state index in [2.05, 4.69) is 5.32 Å². The van der Waals surface area contributed by atoms with Gasteiger partial charge < -0.3 is 5.32 Å². The molecular weight excluding hydrogens is 360 g/mol. The predicted octanol–water partition coefficient (Wildman–Crippen LogP) is 3.72. The van der Waals surface area contributed by atoms with Crippen LogP contribution in [0.1, 0.15) is 61.7 Å². The molecule has 7 heteroatoms. The third-order valence-corrected chi connectivity index (χ3v) is 7.22. The van der Waals surface area contributed by atoms with Gasteiger partial charge in [-0.2, -0.15) is 0 Å². The van der Waals surface area contributed by atoms with Gasteiger partial charge in [0.25, 0.3) is 5.91 Å². The van der Waals surface area contributed by atoms with Crippen LogP contribution in [0.2, 0.25) is 5.02 Å². The highest BCUT2D eigenvalue weighted by Gasteiger charge is 2.27. The number of anilines is 1. The fraction of sp³-hybridized carbons (Fsp3) is 0.611. The molecule has 3 rings (SSSR count). The van der Waals surface area contributed by atoms with Gasteiger partial charge in [-0.15, -0.1) is 0 Å². The van der Waals surface area contributed by atoms with Gasteiger partial charge in [0.2, 0.25) is 10.0 Å². The maximum absolute atomic E-state index is 12.7. The molecule has 0 bridgehead atoms. The molecule has 1 aromatic carbocycles. The van der Waals surface area contributed by atoms with Crippen LogP contribution in [-0.2, 0) is 10.0 Å². The van der Waals surface area contributed by atoms with Gasteiger partial charge in [-0.3, -0.25) is 9.10 Å². The van der Waals surface area contributed by atoms with E-state index in [9.17, 15) is 13.2 Å². The summed E-state index contributed by atoms with van der Waals surface area (Å²) in [5, 5.41) is 3.43. The highest BCUT2D eigenvalue weighted by Crippen LogP contribution is 2.28. The molecular formula is C18H25ClN2O3S. The minimum Gasteiger partial charge on any atom is -0.349 e. The number of amides is 1. The molecule has 0 aromatic heterocycles. The van der Waals surface area contributed by atoms with E-state index in [0.29, 0.717) is 29.2 Å². The summed E-state index contributed by atoms with van der Waals surface area (Å²) in [5.74, 6) is -0.0627. The first-order chi connectivity index (χ1) is 12.0. The normalized spacial score (nSPS) is 21.6. The minimum atomic E-state index is -3.31. The number of carbonyl (C=O) groups is 1. The summed E-state index contributed by atoms with van der Waals surface area (Å²) in [5.41, 5.74) is 0.874. The molecule has 138 valence electrons. The SMILES string of the molecule is O=C(NC1CCCCCC1)c1cc(N2CCCCS2(=O)=O)ccc1Cl. The fourth-order valence-electron chi connectivity index (χ4n) is 3.61. The summed E-state index contributed by atoms with van der Waals surface area (Å²) in [7, 11) is -3.31. The largest absolute Gasteiger partial charge is 0.349 e. The molecule has 5 nitrogen and oxygen atoms in total. The first-order valence-electron chi connectivity index (χ1n) is 9.08. The van der Waals surface area contributed by atoms with Crippen molar-refractivity contribution in [2.24, 2.45) is 0 Å². The van der Waals surface area contributed by atoms with Crippen molar-refractivity contribution in [1.29, 1.82) is 0 Å². The molecule has 0 spiro atoms. The molecule has 1 N–H and O–H groups in total. The van der Waals surface area contributed by atoms with E-state index in [1.165, 1.54) is 17.1 Å². The number of nitrogens with zero attached hydrogens (tertiary/aromatic N) is 1. The maximum atomic E-state index is 12.7. The summed E-state index contributed by atoms with van der Waals surface area (Å²) < 4.78 is 26.0. The van der Waals surface area contributed by atoms with E-state index in [0.717, 1.165) is 32.1 Å². The Bertz CT molecular complexity index is 728. The van der Waals surface area contributed by atoms with Crippen LogP contribution in [-0.4, -0.2) is 32.7 Å². The maximum Gasteiger partial charge on any atom is 0.253 e. The number of benzene rings is 1. The van der Waals surface area contributed by atoms with E-state index < -0.39 is 10.0 Å². The lowest BCUT2D eigenvalue weighted by Gasteiger charge is -2.28. The van der Waals surface area contributed by atoms with Crippen LogP contribution in [0.15, 0.2) is 18.2 Å². The van der Waals surface area contributed by atoms with Crippen molar-refractivity contribution in [2.75, 3.05) is 16.6 Å². The van der Waals surface area contributed by atoms with Crippen molar-refractivity contribution >= 4 is 33.2 Å². The van der Waals surface area contributed by atoms with Gasteiger partial charge in [0.15, 0.2) is 0 Å². The summed E-state index contributed by atoms with van der Waals surface area (Å²) in [6.45, 7) is 0.452. The Morgan fingerprint density at radius 1 is 1.08 bits per heavy atom. The van der Waals surface area contributed by atoms with Crippen molar-refractivity contribution in [3.8, 4) is 0 Å². The average Bonchev–Trinajstić information content (AvgIpc) is 2.84. The van der Waals surface area contributed by atoms with Crippen molar-refractivity contribution in [3.05, 3.63) is 28.8 Å². The number of hydrogen-bond donors (Lipinski definition) is 1. The van der Waals surface area contributed by atoms with E-state index >= 15 is 0 Å². The van der Waals surface area contributed by atoms with Gasteiger partial charge in [-0.25, -0.2) is 8.42 Å². The quantitative estimate of drug-likeness (QED) is 0.807. The highest BCUT2D eigenvalue weighted by atomic mass is 35.5. The first kappa shape index (κ1) is 18.5. The molecule has 25 heavy (non-hydrogen) atoms. The lowest BCUT2D eigenvalue weighted by Crippen LogP contribution is -2.38. The third kappa shape index (κ3) is 4.47. The van der Waals surface area contributed by atoms with E-state index in [-0.39, 0.29) is 17.7 Å². The zero-order chi connectivity index (χ0) is 17.9. The zero-order valence-electron chi connectivity index (χ0n) is 14.3. The molecule has 1 amide bonds. The molecule has 1 heterocycles. The van der Waals surface area contributed by atoms with Gasteiger partial charge in [0.05, 0.1) is 22.0 Å². The summed E-state index contributed by atoms with van der Waals surface area (Å²) in [6, 6.07) is 5.07. The number of nitrogens with one attached hydrogen (secondary N) is 1. The molecule has 0 unspecified atom stereocenters. The van der Waals surface area contributed by atoms with Gasteiger partial charge in [0.1, 0.15) is 0 Å². The van der Waals surface area contributed by atoms with Crippen LogP contribution in [0.5, 0.6) is 0 Å². The second-order valence-corrected chi connectivity index (χ2v) is 9.34. The van der Waals surface area contributed by atoms with E-state index in [1.807, 2.05) is 0 Å². The molecule has 1 aliphatic carbocycles. The van der Waals surface area contributed by atoms with Crippen LogP contribution >= 0.6 is 11.6 Å². The Hall–Kier alpha value is -1.27. The van der Waals surface area contributed by atoms with Crippen LogP contribution in [0.4, 0.5) is 5.69 Å². The topological polar surface area (TPSA) is 66.5 Å². The Morgan fingerprint density at radius 3 is 2.48 bits per heavy atom. The molecule has 1 saturated carbocycles. The van der Waals surface area contributed by atoms with Crippen molar-refractivity contribution < 1.29 is 13.2 Å². The summed E-state index contributed by atoms with van der Waals surface area (Å²) in [6.07, 6.45) is 8.18. The molecule has 0 radical (unpaired) electrons. The zero-order valence-corrected chi connectivity index (χ0v) is 15.9. The standard InChI is InChI=1S/C18H25ClN2O3S/c19-17-10-9-15(21-11-5-6-12-25(21,23)24)13-16(17)18(22)20-14-7-3-1-2-4-8-14/h9-10,13-14H,1-8,11-12H2,(H,20,22). The molecule has 2 aliphatic rings. The molecule has 0 atom stereocenters. The monoisotopic (exact) mass is 384 g/mol. The Kier molecular flexibility index (Phi) is 5.89. The molecule has 1 aromatic rings. The van der Waals surface area contributed by atoms with E-state index in [1.54, 1.807) is 18.2 Å². The van der Waals surface area contributed by atoms with Crippen LogP contribution < -0.4 is 9.62 Å². The number of hydrogen-bond acceptors (Lipinski definition) is 3. The number of carbonyl (C=O) groups excluding carboxylic acids is 1. The average molecular weight is 385 g/mol. The lowest BCUT2D eigenvalue weighted by molar-refractivity contribution is 0.0933. The Labute approximate surface area is 154 Å². The Morgan fingerprint density at radius 2 is 1.80 bits per heavy atom. The van der Waals surface area contributed by atoms with Crippen molar-refractivity contribution in [1.82, 2.24) is 5.32 Å². The fourth-order valence-corrected chi connectivity index (χ4v) is 5.44. The molecule has 2 fully saturated rings. The number of rotatable bonds is 3. The van der Waals surface area contributed by atoms with Gasteiger partial charge in [-0.1, -0.05) is 37.3 Å². The summed E-state index contributed by atoms with van der Waals surface area (Å²) in [4.78, 5) is 12.7. The van der Waals surface area contributed by atoms with Crippen LogP contribution in [0.3, 0.4) is 0 Å².